The highest BCUT2D eigenvalue weighted by molar-refractivity contribution is 5.69. The van der Waals surface area contributed by atoms with E-state index in [0.717, 1.165) is 44.1 Å². The summed E-state index contributed by atoms with van der Waals surface area (Å²) < 4.78 is 18.1. The van der Waals surface area contributed by atoms with Crippen LogP contribution in [-0.4, -0.2) is 49.0 Å². The Morgan fingerprint density at radius 2 is 1.58 bits per heavy atom. The Morgan fingerprint density at radius 3 is 2.21 bits per heavy atom. The largest absolute Gasteiger partial charge is 0.453 e. The van der Waals surface area contributed by atoms with Gasteiger partial charge in [0.25, 0.3) is 0 Å². The summed E-state index contributed by atoms with van der Waals surface area (Å²) in [6.07, 6.45) is 6.52. The van der Waals surface area contributed by atoms with Gasteiger partial charge >= 0.3 is 6.09 Å². The molecule has 5 rings (SSSR count). The van der Waals surface area contributed by atoms with Crippen molar-refractivity contribution in [3.63, 3.8) is 0 Å². The fourth-order valence-electron chi connectivity index (χ4n) is 6.00. The Morgan fingerprint density at radius 1 is 0.879 bits per heavy atom. The molecule has 1 amide bonds. The average molecular weight is 450 g/mol. The average Bonchev–Trinajstić information content (AvgIpc) is 3.07. The molecule has 33 heavy (non-hydrogen) atoms. The molecular weight excluding hydrogens is 414 g/mol. The lowest BCUT2D eigenvalue weighted by Gasteiger charge is -2.36. The first kappa shape index (κ1) is 22.4. The van der Waals surface area contributed by atoms with Crippen LogP contribution in [0.15, 0.2) is 60.7 Å². The zero-order valence-corrected chi connectivity index (χ0v) is 19.5. The summed E-state index contributed by atoms with van der Waals surface area (Å²) in [5.41, 5.74) is 2.60. The summed E-state index contributed by atoms with van der Waals surface area (Å²) >= 11 is 0. The minimum absolute atomic E-state index is 0.0105. The SMILES string of the molecule is COC(=O)N1[C@@H]2CC[C@@H]2C(OCc2ccccc2)[C@@H]1CO[C@H]1CC[C@@H](c2ccccc2)CC1. The van der Waals surface area contributed by atoms with Crippen LogP contribution in [0.5, 0.6) is 0 Å². The summed E-state index contributed by atoms with van der Waals surface area (Å²) in [4.78, 5) is 14.6. The van der Waals surface area contributed by atoms with Gasteiger partial charge in [-0.2, -0.15) is 0 Å². The van der Waals surface area contributed by atoms with Crippen LogP contribution >= 0.6 is 0 Å². The molecule has 5 nitrogen and oxygen atoms in total. The van der Waals surface area contributed by atoms with Gasteiger partial charge in [-0.3, -0.25) is 4.90 Å². The smallest absolute Gasteiger partial charge is 0.410 e. The Hall–Kier alpha value is -2.37. The van der Waals surface area contributed by atoms with Gasteiger partial charge in [0.15, 0.2) is 0 Å². The molecule has 3 fully saturated rings. The highest BCUT2D eigenvalue weighted by atomic mass is 16.5. The number of carbonyl (C=O) groups excluding carboxylic acids is 1. The summed E-state index contributed by atoms with van der Waals surface area (Å²) in [6, 6.07) is 21.2. The first-order chi connectivity index (χ1) is 16.2. The van der Waals surface area contributed by atoms with Crippen LogP contribution in [0.25, 0.3) is 0 Å². The van der Waals surface area contributed by atoms with Gasteiger partial charge in [0, 0.05) is 12.0 Å². The molecule has 2 aliphatic carbocycles. The Balaban J connectivity index is 1.21. The molecule has 2 saturated carbocycles. The van der Waals surface area contributed by atoms with Crippen LogP contribution < -0.4 is 0 Å². The molecule has 0 N–H and O–H groups in total. The van der Waals surface area contributed by atoms with E-state index < -0.39 is 0 Å². The number of benzene rings is 2. The number of amides is 1. The van der Waals surface area contributed by atoms with Crippen molar-refractivity contribution >= 4 is 6.09 Å². The van der Waals surface area contributed by atoms with Crippen LogP contribution in [0.2, 0.25) is 0 Å². The molecule has 0 spiro atoms. The van der Waals surface area contributed by atoms with E-state index in [9.17, 15) is 4.79 Å². The van der Waals surface area contributed by atoms with Gasteiger partial charge < -0.3 is 14.2 Å². The second-order valence-corrected chi connectivity index (χ2v) is 9.73. The molecule has 5 heteroatoms. The Kier molecular flexibility index (Phi) is 6.98. The molecule has 4 atom stereocenters. The number of fused-ring (bicyclic) bond motifs is 1. The van der Waals surface area contributed by atoms with Crippen LogP contribution in [0.3, 0.4) is 0 Å². The van der Waals surface area contributed by atoms with Crippen LogP contribution in [0.1, 0.15) is 55.6 Å². The van der Waals surface area contributed by atoms with Gasteiger partial charge in [-0.1, -0.05) is 60.7 Å². The standard InChI is InChI=1S/C28H35NO4/c1-31-28(30)29-25-17-16-24(25)27(33-18-20-8-4-2-5-9-20)26(29)19-32-23-14-12-22(13-15-23)21-10-6-3-7-11-21/h2-11,22-27H,12-19H2,1H3/t22-,23+,24-,25+,26-,27?/m0/s1. The lowest BCUT2D eigenvalue weighted by molar-refractivity contribution is -0.0535. The van der Waals surface area contributed by atoms with E-state index in [1.807, 2.05) is 23.1 Å². The highest BCUT2D eigenvalue weighted by Crippen LogP contribution is 2.46. The van der Waals surface area contributed by atoms with Crippen molar-refractivity contribution in [3.05, 3.63) is 71.8 Å². The topological polar surface area (TPSA) is 48.0 Å². The van der Waals surface area contributed by atoms with E-state index >= 15 is 0 Å². The molecule has 0 aromatic heterocycles. The van der Waals surface area contributed by atoms with Gasteiger partial charge in [-0.25, -0.2) is 4.79 Å². The summed E-state index contributed by atoms with van der Waals surface area (Å²) in [5, 5.41) is 0. The predicted molar refractivity (Wildman–Crippen MR) is 127 cm³/mol. The molecule has 0 bridgehead atoms. The van der Waals surface area contributed by atoms with Crippen LogP contribution in [0, 0.1) is 5.92 Å². The van der Waals surface area contributed by atoms with Crippen molar-refractivity contribution in [3.8, 4) is 0 Å². The van der Waals surface area contributed by atoms with Crippen molar-refractivity contribution in [2.75, 3.05) is 13.7 Å². The number of nitrogens with zero attached hydrogens (tertiary/aromatic N) is 1. The van der Waals surface area contributed by atoms with E-state index in [1.54, 1.807) is 0 Å². The molecule has 1 heterocycles. The van der Waals surface area contributed by atoms with Crippen molar-refractivity contribution in [1.29, 1.82) is 0 Å². The maximum absolute atomic E-state index is 12.7. The molecule has 2 aromatic carbocycles. The maximum atomic E-state index is 12.7. The maximum Gasteiger partial charge on any atom is 0.410 e. The third-order valence-corrected chi connectivity index (χ3v) is 7.92. The number of methoxy groups -OCH3 is 1. The first-order valence-corrected chi connectivity index (χ1v) is 12.4. The third kappa shape index (κ3) is 4.80. The fraction of sp³-hybridized carbons (Fsp3) is 0.536. The van der Waals surface area contributed by atoms with Crippen molar-refractivity contribution < 1.29 is 19.0 Å². The molecule has 3 aliphatic rings. The van der Waals surface area contributed by atoms with Crippen molar-refractivity contribution in [2.45, 2.75) is 75.3 Å². The van der Waals surface area contributed by atoms with Gasteiger partial charge in [0.2, 0.25) is 0 Å². The lowest BCUT2D eigenvalue weighted by atomic mass is 9.78. The second-order valence-electron chi connectivity index (χ2n) is 9.73. The molecule has 1 saturated heterocycles. The van der Waals surface area contributed by atoms with Crippen LogP contribution in [-0.2, 0) is 20.8 Å². The van der Waals surface area contributed by atoms with E-state index in [4.69, 9.17) is 14.2 Å². The van der Waals surface area contributed by atoms with Crippen molar-refractivity contribution in [2.24, 2.45) is 5.92 Å². The Bertz CT molecular complexity index is 897. The van der Waals surface area contributed by atoms with Crippen LogP contribution in [0.4, 0.5) is 4.79 Å². The molecule has 176 valence electrons. The summed E-state index contributed by atoms with van der Waals surface area (Å²) in [5.74, 6) is 0.997. The van der Waals surface area contributed by atoms with Gasteiger partial charge in [-0.05, 0) is 55.6 Å². The summed E-state index contributed by atoms with van der Waals surface area (Å²) in [6.45, 7) is 1.07. The lowest BCUT2D eigenvalue weighted by Crippen LogP contribution is -2.47. The molecule has 0 radical (unpaired) electrons. The second kappa shape index (κ2) is 10.3. The summed E-state index contributed by atoms with van der Waals surface area (Å²) in [7, 11) is 1.47. The normalized spacial score (nSPS) is 31.0. The minimum atomic E-state index is -0.253. The molecule has 1 aliphatic heterocycles. The fourth-order valence-corrected chi connectivity index (χ4v) is 6.00. The number of carbonyl (C=O) groups is 1. The third-order valence-electron chi connectivity index (χ3n) is 7.92. The zero-order chi connectivity index (χ0) is 22.6. The molecule has 1 unspecified atom stereocenters. The van der Waals surface area contributed by atoms with E-state index in [0.29, 0.717) is 25.0 Å². The van der Waals surface area contributed by atoms with Gasteiger partial charge in [-0.15, -0.1) is 0 Å². The minimum Gasteiger partial charge on any atom is -0.453 e. The van der Waals surface area contributed by atoms with E-state index in [2.05, 4.69) is 42.5 Å². The quantitative estimate of drug-likeness (QED) is 0.557. The highest BCUT2D eigenvalue weighted by Gasteiger charge is 2.56. The predicted octanol–water partition coefficient (Wildman–Crippen LogP) is 5.54. The zero-order valence-electron chi connectivity index (χ0n) is 19.5. The number of ether oxygens (including phenoxy) is 3. The van der Waals surface area contributed by atoms with Gasteiger partial charge in [0.1, 0.15) is 0 Å². The van der Waals surface area contributed by atoms with E-state index in [1.165, 1.54) is 12.7 Å². The number of hydrogen-bond donors (Lipinski definition) is 0. The number of hydrogen-bond acceptors (Lipinski definition) is 4. The molecule has 2 aromatic rings. The Labute approximate surface area is 197 Å². The molecular formula is C28H35NO4. The van der Waals surface area contributed by atoms with Crippen molar-refractivity contribution in [1.82, 2.24) is 4.90 Å². The number of likely N-dealkylation sites (tertiary alicyclic amines) is 1. The van der Waals surface area contributed by atoms with Gasteiger partial charge in [0.05, 0.1) is 38.6 Å². The number of rotatable bonds is 7. The van der Waals surface area contributed by atoms with E-state index in [-0.39, 0.29) is 30.4 Å². The monoisotopic (exact) mass is 449 g/mol. The first-order valence-electron chi connectivity index (χ1n) is 12.4.